The van der Waals surface area contributed by atoms with Crippen LogP contribution in [-0.4, -0.2) is 28.1 Å². The molecule has 1 fully saturated rings. The van der Waals surface area contributed by atoms with Crippen LogP contribution in [0.3, 0.4) is 0 Å². The van der Waals surface area contributed by atoms with Crippen LogP contribution in [0.25, 0.3) is 22.4 Å². The van der Waals surface area contributed by atoms with Gasteiger partial charge in [0.2, 0.25) is 11.7 Å². The smallest absolute Gasteiger partial charge is 0.336 e. The number of hydrogen-bond acceptors (Lipinski definition) is 6. The Labute approximate surface area is 190 Å². The number of rotatable bonds is 4. The summed E-state index contributed by atoms with van der Waals surface area (Å²) in [5.74, 6) is 0.758. The Balaban J connectivity index is 1.24. The highest BCUT2D eigenvalue weighted by atomic mass is 19.1. The number of piperidine rings is 1. The molecule has 0 N–H and O–H groups in total. The van der Waals surface area contributed by atoms with Crippen molar-refractivity contribution in [2.45, 2.75) is 44.6 Å². The minimum atomic E-state index is -0.326. The first-order valence-corrected chi connectivity index (χ1v) is 11.5. The Bertz CT molecular complexity index is 1390. The Morgan fingerprint density at radius 3 is 2.85 bits per heavy atom. The second kappa shape index (κ2) is 8.23. The van der Waals surface area contributed by atoms with Crippen LogP contribution >= 0.6 is 0 Å². The molecule has 0 amide bonds. The second-order valence-electron chi connectivity index (χ2n) is 9.10. The fourth-order valence-corrected chi connectivity index (χ4v) is 5.21. The molecule has 2 aromatic heterocycles. The standard InChI is InChI=1S/C26H24FN3O3/c27-21-8-2-6-18(10-21)25-28-26(33-29-25)19-7-3-9-30(14-19)15-20-13-24(31)32-23-12-17-5-1-4-16(17)11-22(20)23/h2,6,8,10-13,19H,1,3-5,7,9,14-15H2. The SMILES string of the molecule is O=c1cc(CN2CCCC(c3nc(-c4cccc(F)c4)no3)C2)c2cc3c(cc2o1)CCC3. The minimum absolute atomic E-state index is 0.101. The fourth-order valence-electron chi connectivity index (χ4n) is 5.21. The van der Waals surface area contributed by atoms with Crippen LogP contribution in [0, 0.1) is 5.82 Å². The molecule has 2 aliphatic rings. The van der Waals surface area contributed by atoms with Crippen LogP contribution in [-0.2, 0) is 19.4 Å². The van der Waals surface area contributed by atoms with E-state index in [9.17, 15) is 9.18 Å². The molecule has 3 heterocycles. The number of aromatic nitrogens is 2. The zero-order valence-corrected chi connectivity index (χ0v) is 18.2. The van der Waals surface area contributed by atoms with E-state index >= 15 is 0 Å². The van der Waals surface area contributed by atoms with Crippen molar-refractivity contribution in [3.8, 4) is 11.4 Å². The quantitative estimate of drug-likeness (QED) is 0.418. The van der Waals surface area contributed by atoms with Crippen molar-refractivity contribution in [1.82, 2.24) is 15.0 Å². The van der Waals surface area contributed by atoms with Gasteiger partial charge in [-0.25, -0.2) is 9.18 Å². The lowest BCUT2D eigenvalue weighted by Crippen LogP contribution is -2.34. The maximum Gasteiger partial charge on any atom is 0.336 e. The largest absolute Gasteiger partial charge is 0.423 e. The molecule has 168 valence electrons. The molecule has 7 heteroatoms. The summed E-state index contributed by atoms with van der Waals surface area (Å²) < 4.78 is 24.7. The molecular formula is C26H24FN3O3. The third kappa shape index (κ3) is 3.97. The number of benzene rings is 2. The summed E-state index contributed by atoms with van der Waals surface area (Å²) in [6.45, 7) is 2.37. The molecule has 33 heavy (non-hydrogen) atoms. The van der Waals surface area contributed by atoms with Gasteiger partial charge in [0.15, 0.2) is 0 Å². The summed E-state index contributed by atoms with van der Waals surface area (Å²) in [6.07, 6.45) is 5.24. The molecule has 1 unspecified atom stereocenters. The maximum atomic E-state index is 13.6. The number of halogens is 1. The number of aryl methyl sites for hydroxylation is 2. The van der Waals surface area contributed by atoms with Gasteiger partial charge in [-0.15, -0.1) is 0 Å². The topological polar surface area (TPSA) is 72.4 Å². The maximum absolute atomic E-state index is 13.6. The summed E-state index contributed by atoms with van der Waals surface area (Å²) in [7, 11) is 0. The molecule has 1 saturated heterocycles. The Kier molecular flexibility index (Phi) is 5.06. The van der Waals surface area contributed by atoms with E-state index in [1.54, 1.807) is 18.2 Å². The molecule has 1 aliphatic carbocycles. The summed E-state index contributed by atoms with van der Waals surface area (Å²) in [5.41, 5.74) is 4.65. The van der Waals surface area contributed by atoms with E-state index in [0.29, 0.717) is 29.4 Å². The molecule has 0 radical (unpaired) electrons. The van der Waals surface area contributed by atoms with Crippen molar-refractivity contribution in [2.24, 2.45) is 0 Å². The summed E-state index contributed by atoms with van der Waals surface area (Å²) in [5, 5.41) is 5.10. The fraction of sp³-hybridized carbons (Fsp3) is 0.346. The predicted octanol–water partition coefficient (Wildman–Crippen LogP) is 4.85. The van der Waals surface area contributed by atoms with Gasteiger partial charge in [-0.05, 0) is 79.6 Å². The summed E-state index contributed by atoms with van der Waals surface area (Å²) in [4.78, 5) is 19.1. The first kappa shape index (κ1) is 20.3. The van der Waals surface area contributed by atoms with Gasteiger partial charge in [0.25, 0.3) is 0 Å². The van der Waals surface area contributed by atoms with Crippen molar-refractivity contribution in [3.63, 3.8) is 0 Å². The van der Waals surface area contributed by atoms with Crippen LogP contribution in [0.5, 0.6) is 0 Å². The van der Waals surface area contributed by atoms with Gasteiger partial charge >= 0.3 is 5.63 Å². The lowest BCUT2D eigenvalue weighted by atomic mass is 9.96. The Morgan fingerprint density at radius 1 is 1.09 bits per heavy atom. The Hall–Kier alpha value is -3.32. The number of hydrogen-bond donors (Lipinski definition) is 0. The van der Waals surface area contributed by atoms with E-state index in [1.165, 1.54) is 23.3 Å². The molecular weight excluding hydrogens is 421 g/mol. The van der Waals surface area contributed by atoms with E-state index in [-0.39, 0.29) is 17.4 Å². The van der Waals surface area contributed by atoms with E-state index in [2.05, 4.69) is 21.1 Å². The van der Waals surface area contributed by atoms with Gasteiger partial charge in [-0.2, -0.15) is 4.98 Å². The molecule has 6 rings (SSSR count). The van der Waals surface area contributed by atoms with Gasteiger partial charge < -0.3 is 8.94 Å². The van der Waals surface area contributed by atoms with E-state index in [4.69, 9.17) is 8.94 Å². The van der Waals surface area contributed by atoms with E-state index < -0.39 is 0 Å². The predicted molar refractivity (Wildman–Crippen MR) is 121 cm³/mol. The highest BCUT2D eigenvalue weighted by molar-refractivity contribution is 5.82. The lowest BCUT2D eigenvalue weighted by molar-refractivity contribution is 0.180. The monoisotopic (exact) mass is 445 g/mol. The number of fused-ring (bicyclic) bond motifs is 2. The average molecular weight is 445 g/mol. The van der Waals surface area contributed by atoms with Crippen molar-refractivity contribution in [3.05, 3.63) is 81.3 Å². The number of nitrogens with zero attached hydrogens (tertiary/aromatic N) is 3. The first-order chi connectivity index (χ1) is 16.1. The van der Waals surface area contributed by atoms with E-state index in [0.717, 1.165) is 56.1 Å². The first-order valence-electron chi connectivity index (χ1n) is 11.5. The zero-order valence-electron chi connectivity index (χ0n) is 18.2. The number of likely N-dealkylation sites (tertiary alicyclic amines) is 1. The highest BCUT2D eigenvalue weighted by Crippen LogP contribution is 2.31. The van der Waals surface area contributed by atoms with Gasteiger partial charge in [-0.3, -0.25) is 4.90 Å². The van der Waals surface area contributed by atoms with Crippen molar-refractivity contribution >= 4 is 11.0 Å². The van der Waals surface area contributed by atoms with Crippen LogP contribution in [0.1, 0.15) is 47.8 Å². The lowest BCUT2D eigenvalue weighted by Gasteiger charge is -2.31. The van der Waals surface area contributed by atoms with Crippen LogP contribution in [0.15, 0.2) is 56.2 Å². The van der Waals surface area contributed by atoms with Gasteiger partial charge in [0.1, 0.15) is 11.4 Å². The molecule has 1 atom stereocenters. The van der Waals surface area contributed by atoms with Crippen molar-refractivity contribution in [1.29, 1.82) is 0 Å². The van der Waals surface area contributed by atoms with E-state index in [1.807, 2.05) is 6.07 Å². The molecule has 4 aromatic rings. The second-order valence-corrected chi connectivity index (χ2v) is 9.10. The highest BCUT2D eigenvalue weighted by Gasteiger charge is 2.27. The average Bonchev–Trinajstić information content (AvgIpc) is 3.48. The normalized spacial score (nSPS) is 18.6. The van der Waals surface area contributed by atoms with Gasteiger partial charge in [0.05, 0.1) is 5.92 Å². The molecule has 0 saturated carbocycles. The molecule has 0 spiro atoms. The van der Waals surface area contributed by atoms with Crippen LogP contribution < -0.4 is 5.63 Å². The van der Waals surface area contributed by atoms with Crippen LogP contribution in [0.4, 0.5) is 4.39 Å². The summed E-state index contributed by atoms with van der Waals surface area (Å²) in [6, 6.07) is 12.1. The molecule has 2 aromatic carbocycles. The molecule has 1 aliphatic heterocycles. The van der Waals surface area contributed by atoms with Crippen molar-refractivity contribution in [2.75, 3.05) is 13.1 Å². The molecule has 6 nitrogen and oxygen atoms in total. The minimum Gasteiger partial charge on any atom is -0.423 e. The zero-order chi connectivity index (χ0) is 22.4. The summed E-state index contributed by atoms with van der Waals surface area (Å²) >= 11 is 0. The Morgan fingerprint density at radius 2 is 1.97 bits per heavy atom. The molecule has 0 bridgehead atoms. The van der Waals surface area contributed by atoms with Gasteiger partial charge in [-0.1, -0.05) is 17.3 Å². The van der Waals surface area contributed by atoms with Crippen LogP contribution in [0.2, 0.25) is 0 Å². The third-order valence-electron chi connectivity index (χ3n) is 6.82. The van der Waals surface area contributed by atoms with Gasteiger partial charge in [0, 0.05) is 30.1 Å². The third-order valence-corrected chi connectivity index (χ3v) is 6.82. The van der Waals surface area contributed by atoms with Crippen molar-refractivity contribution < 1.29 is 13.3 Å².